The molecule has 1 aromatic rings. The van der Waals surface area contributed by atoms with Gasteiger partial charge in [-0.2, -0.15) is 5.10 Å². The van der Waals surface area contributed by atoms with Crippen molar-refractivity contribution >= 4 is 5.91 Å². The summed E-state index contributed by atoms with van der Waals surface area (Å²) in [5.41, 5.74) is 1.92. The van der Waals surface area contributed by atoms with Crippen LogP contribution in [0.25, 0.3) is 0 Å². The van der Waals surface area contributed by atoms with Crippen molar-refractivity contribution in [2.24, 2.45) is 5.92 Å². The molecule has 1 aliphatic carbocycles. The molecule has 2 atom stereocenters. The van der Waals surface area contributed by atoms with Crippen molar-refractivity contribution in [3.63, 3.8) is 0 Å². The van der Waals surface area contributed by atoms with Gasteiger partial charge in [-0.25, -0.2) is 0 Å². The molecule has 0 saturated heterocycles. The molecule has 1 aliphatic rings. The summed E-state index contributed by atoms with van der Waals surface area (Å²) in [6.07, 6.45) is 6.70. The van der Waals surface area contributed by atoms with E-state index in [-0.39, 0.29) is 24.6 Å². The van der Waals surface area contributed by atoms with Gasteiger partial charge in [0.15, 0.2) is 0 Å². The Bertz CT molecular complexity index is 492. The number of hydrogen-bond donors (Lipinski definition) is 2. The van der Waals surface area contributed by atoms with E-state index >= 15 is 0 Å². The molecule has 5 heteroatoms. The third-order valence-electron chi connectivity index (χ3n) is 4.78. The standard InChI is InChI=1S/C17H29N3O2/c1-12-11-13(2)20(19-12)14(3)17(22)18-16(9-10-21)15-7-5-4-6-8-15/h11,14-16,21H,4-10H2,1-3H3,(H,18,22). The fraction of sp³-hybridized carbons (Fsp3) is 0.765. The number of aliphatic hydroxyl groups excluding tert-OH is 1. The van der Waals surface area contributed by atoms with Gasteiger partial charge in [-0.1, -0.05) is 19.3 Å². The summed E-state index contributed by atoms with van der Waals surface area (Å²) in [6.45, 7) is 5.90. The van der Waals surface area contributed by atoms with E-state index in [0.717, 1.165) is 24.2 Å². The molecule has 2 unspecified atom stereocenters. The van der Waals surface area contributed by atoms with Gasteiger partial charge in [-0.05, 0) is 52.0 Å². The van der Waals surface area contributed by atoms with Gasteiger partial charge in [0.25, 0.3) is 0 Å². The maximum Gasteiger partial charge on any atom is 0.244 e. The highest BCUT2D eigenvalue weighted by Gasteiger charge is 2.27. The summed E-state index contributed by atoms with van der Waals surface area (Å²) in [7, 11) is 0. The molecule has 0 aliphatic heterocycles. The van der Waals surface area contributed by atoms with E-state index in [2.05, 4.69) is 10.4 Å². The summed E-state index contributed by atoms with van der Waals surface area (Å²) in [5, 5.41) is 16.9. The summed E-state index contributed by atoms with van der Waals surface area (Å²) in [5.74, 6) is 0.493. The first-order valence-electron chi connectivity index (χ1n) is 8.47. The molecule has 0 spiro atoms. The summed E-state index contributed by atoms with van der Waals surface area (Å²) in [6, 6.07) is 1.74. The van der Waals surface area contributed by atoms with Crippen LogP contribution in [0, 0.1) is 19.8 Å². The van der Waals surface area contributed by atoms with E-state index in [1.165, 1.54) is 19.3 Å². The first-order chi connectivity index (χ1) is 10.5. The van der Waals surface area contributed by atoms with Crippen molar-refractivity contribution in [1.82, 2.24) is 15.1 Å². The number of nitrogens with zero attached hydrogens (tertiary/aromatic N) is 2. The van der Waals surface area contributed by atoms with Gasteiger partial charge in [0, 0.05) is 18.3 Å². The number of aryl methyl sites for hydroxylation is 2. The lowest BCUT2D eigenvalue weighted by molar-refractivity contribution is -0.125. The van der Waals surface area contributed by atoms with E-state index in [1.54, 1.807) is 4.68 Å². The lowest BCUT2D eigenvalue weighted by Crippen LogP contribution is -2.44. The summed E-state index contributed by atoms with van der Waals surface area (Å²) < 4.78 is 1.78. The number of rotatable bonds is 6. The second-order valence-corrected chi connectivity index (χ2v) is 6.57. The minimum Gasteiger partial charge on any atom is -0.396 e. The Labute approximate surface area is 133 Å². The number of carbonyl (C=O) groups is 1. The molecule has 124 valence electrons. The highest BCUT2D eigenvalue weighted by atomic mass is 16.3. The highest BCUT2D eigenvalue weighted by molar-refractivity contribution is 5.80. The van der Waals surface area contributed by atoms with Gasteiger partial charge in [0.2, 0.25) is 5.91 Å². The van der Waals surface area contributed by atoms with Crippen molar-refractivity contribution in [3.05, 3.63) is 17.5 Å². The Hall–Kier alpha value is -1.36. The predicted molar refractivity (Wildman–Crippen MR) is 86.6 cm³/mol. The first-order valence-corrected chi connectivity index (χ1v) is 8.47. The normalized spacial score (nSPS) is 18.9. The van der Waals surface area contributed by atoms with Gasteiger partial charge in [0.1, 0.15) is 6.04 Å². The molecule has 1 fully saturated rings. The molecule has 0 aromatic carbocycles. The van der Waals surface area contributed by atoms with Crippen LogP contribution in [0.5, 0.6) is 0 Å². The topological polar surface area (TPSA) is 67.2 Å². The fourth-order valence-electron chi connectivity index (χ4n) is 3.55. The van der Waals surface area contributed by atoms with Crippen molar-refractivity contribution in [3.8, 4) is 0 Å². The minimum atomic E-state index is -0.321. The molecule has 1 heterocycles. The molecule has 1 amide bonds. The lowest BCUT2D eigenvalue weighted by atomic mass is 9.82. The molecular weight excluding hydrogens is 278 g/mol. The van der Waals surface area contributed by atoms with Gasteiger partial charge >= 0.3 is 0 Å². The molecule has 2 N–H and O–H groups in total. The largest absolute Gasteiger partial charge is 0.396 e. The molecule has 5 nitrogen and oxygen atoms in total. The van der Waals surface area contributed by atoms with Gasteiger partial charge in [-0.3, -0.25) is 9.48 Å². The number of hydrogen-bond acceptors (Lipinski definition) is 3. The Balaban J connectivity index is 2.02. The maximum absolute atomic E-state index is 12.6. The zero-order valence-electron chi connectivity index (χ0n) is 14.0. The smallest absolute Gasteiger partial charge is 0.244 e. The van der Waals surface area contributed by atoms with Crippen LogP contribution in [-0.4, -0.2) is 33.4 Å². The van der Waals surface area contributed by atoms with E-state index in [9.17, 15) is 9.90 Å². The molecule has 22 heavy (non-hydrogen) atoms. The van der Waals surface area contributed by atoms with E-state index in [4.69, 9.17) is 0 Å². The van der Waals surface area contributed by atoms with Crippen LogP contribution in [0.4, 0.5) is 0 Å². The second-order valence-electron chi connectivity index (χ2n) is 6.57. The summed E-state index contributed by atoms with van der Waals surface area (Å²) in [4.78, 5) is 12.6. The molecule has 1 saturated carbocycles. The molecular formula is C17H29N3O2. The van der Waals surface area contributed by atoms with Gasteiger partial charge in [0.05, 0.1) is 5.69 Å². The molecule has 0 bridgehead atoms. The van der Waals surface area contributed by atoms with Crippen LogP contribution >= 0.6 is 0 Å². The lowest BCUT2D eigenvalue weighted by Gasteiger charge is -2.31. The monoisotopic (exact) mass is 307 g/mol. The van der Waals surface area contributed by atoms with Crippen molar-refractivity contribution in [1.29, 1.82) is 0 Å². The van der Waals surface area contributed by atoms with E-state index in [1.807, 2.05) is 26.8 Å². The van der Waals surface area contributed by atoms with E-state index < -0.39 is 0 Å². The highest BCUT2D eigenvalue weighted by Crippen LogP contribution is 2.28. The SMILES string of the molecule is Cc1cc(C)n(C(C)C(=O)NC(CCO)C2CCCCC2)n1. The second kappa shape index (κ2) is 7.77. The van der Waals surface area contributed by atoms with Crippen LogP contribution in [-0.2, 0) is 4.79 Å². The first kappa shape index (κ1) is 17.0. The number of carbonyl (C=O) groups excluding carboxylic acids is 1. The minimum absolute atomic E-state index is 0.00442. The van der Waals surface area contributed by atoms with Gasteiger partial charge in [-0.15, -0.1) is 0 Å². The average Bonchev–Trinajstić information content (AvgIpc) is 2.85. The number of amides is 1. The Morgan fingerprint density at radius 2 is 2.09 bits per heavy atom. The number of aliphatic hydroxyl groups is 1. The van der Waals surface area contributed by atoms with Crippen molar-refractivity contribution < 1.29 is 9.90 Å². The Kier molecular flexibility index (Phi) is 6.00. The fourth-order valence-corrected chi connectivity index (χ4v) is 3.55. The van der Waals surface area contributed by atoms with Crippen LogP contribution in [0.1, 0.15) is 62.9 Å². The number of nitrogens with one attached hydrogen (secondary N) is 1. The maximum atomic E-state index is 12.6. The van der Waals surface area contributed by atoms with Crippen molar-refractivity contribution in [2.75, 3.05) is 6.61 Å². The van der Waals surface area contributed by atoms with Crippen molar-refractivity contribution in [2.45, 2.75) is 71.4 Å². The molecule has 1 aromatic heterocycles. The zero-order chi connectivity index (χ0) is 16.1. The summed E-state index contributed by atoms with van der Waals surface area (Å²) >= 11 is 0. The van der Waals surface area contributed by atoms with Crippen LogP contribution in [0.3, 0.4) is 0 Å². The van der Waals surface area contributed by atoms with Crippen LogP contribution < -0.4 is 5.32 Å². The van der Waals surface area contributed by atoms with Crippen LogP contribution in [0.2, 0.25) is 0 Å². The molecule has 0 radical (unpaired) electrons. The van der Waals surface area contributed by atoms with Crippen LogP contribution in [0.15, 0.2) is 6.07 Å². The van der Waals surface area contributed by atoms with Gasteiger partial charge < -0.3 is 10.4 Å². The third kappa shape index (κ3) is 4.09. The number of aromatic nitrogens is 2. The Morgan fingerprint density at radius 1 is 1.41 bits per heavy atom. The third-order valence-corrected chi connectivity index (χ3v) is 4.78. The Morgan fingerprint density at radius 3 is 2.64 bits per heavy atom. The zero-order valence-corrected chi connectivity index (χ0v) is 14.0. The van der Waals surface area contributed by atoms with E-state index in [0.29, 0.717) is 12.3 Å². The quantitative estimate of drug-likeness (QED) is 0.848. The molecule has 2 rings (SSSR count). The predicted octanol–water partition coefficient (Wildman–Crippen LogP) is 2.51. The average molecular weight is 307 g/mol.